The number of carbonyl (C=O) groups is 1. The molecule has 140 valence electrons. The Morgan fingerprint density at radius 3 is 2.67 bits per heavy atom. The number of halogens is 1. The van der Waals surface area contributed by atoms with Crippen molar-refractivity contribution in [3.8, 4) is 11.5 Å². The summed E-state index contributed by atoms with van der Waals surface area (Å²) < 4.78 is 16.5. The lowest BCUT2D eigenvalue weighted by molar-refractivity contribution is -0.151. The zero-order chi connectivity index (χ0) is 19.2. The van der Waals surface area contributed by atoms with Gasteiger partial charge in [-0.15, -0.1) is 0 Å². The summed E-state index contributed by atoms with van der Waals surface area (Å²) >= 11 is 6.15. The van der Waals surface area contributed by atoms with Gasteiger partial charge in [0.1, 0.15) is 29.7 Å². The molecule has 0 radical (unpaired) electrons. The maximum atomic E-state index is 12.0. The maximum absolute atomic E-state index is 12.0. The van der Waals surface area contributed by atoms with Gasteiger partial charge in [-0.05, 0) is 50.2 Å². The Bertz CT molecular complexity index is 927. The van der Waals surface area contributed by atoms with E-state index in [1.165, 1.54) is 0 Å². The molecule has 0 bridgehead atoms. The Morgan fingerprint density at radius 2 is 1.89 bits per heavy atom. The van der Waals surface area contributed by atoms with Crippen molar-refractivity contribution in [1.82, 2.24) is 4.98 Å². The Kier molecular flexibility index (Phi) is 6.14. The van der Waals surface area contributed by atoms with Crippen LogP contribution in [0.4, 0.5) is 0 Å². The molecular weight excluding hydrogens is 366 g/mol. The van der Waals surface area contributed by atoms with E-state index >= 15 is 0 Å². The number of benzene rings is 2. The van der Waals surface area contributed by atoms with E-state index < -0.39 is 12.1 Å². The first-order valence-electron chi connectivity index (χ1n) is 8.58. The van der Waals surface area contributed by atoms with Crippen LogP contribution in [0.2, 0.25) is 5.02 Å². The molecule has 0 saturated heterocycles. The first-order chi connectivity index (χ1) is 13.0. The fourth-order valence-electron chi connectivity index (χ4n) is 2.51. The molecule has 0 N–H and O–H groups in total. The molecule has 0 aliphatic rings. The lowest BCUT2D eigenvalue weighted by Gasteiger charge is -2.15. The molecule has 3 aromatic rings. The summed E-state index contributed by atoms with van der Waals surface area (Å²) in [6, 6.07) is 14.7. The van der Waals surface area contributed by atoms with E-state index in [2.05, 4.69) is 4.98 Å². The van der Waals surface area contributed by atoms with Crippen LogP contribution in [0.5, 0.6) is 11.5 Å². The van der Waals surface area contributed by atoms with Crippen molar-refractivity contribution in [2.45, 2.75) is 20.0 Å². The molecule has 1 unspecified atom stereocenters. The van der Waals surface area contributed by atoms with Gasteiger partial charge in [0.25, 0.3) is 0 Å². The van der Waals surface area contributed by atoms with Gasteiger partial charge in [0, 0.05) is 11.6 Å². The Morgan fingerprint density at radius 1 is 1.11 bits per heavy atom. The van der Waals surface area contributed by atoms with Crippen LogP contribution in [0.3, 0.4) is 0 Å². The number of carbonyl (C=O) groups excluding carboxylic acids is 1. The Hall–Kier alpha value is -2.79. The molecule has 0 aliphatic carbocycles. The van der Waals surface area contributed by atoms with Crippen molar-refractivity contribution in [2.75, 3.05) is 13.2 Å². The number of pyridine rings is 1. The van der Waals surface area contributed by atoms with Gasteiger partial charge in [-0.25, -0.2) is 4.79 Å². The first-order valence-corrected chi connectivity index (χ1v) is 8.95. The van der Waals surface area contributed by atoms with Crippen molar-refractivity contribution >= 4 is 28.5 Å². The molecule has 1 aromatic heterocycles. The van der Waals surface area contributed by atoms with E-state index in [1.807, 2.05) is 37.3 Å². The van der Waals surface area contributed by atoms with Crippen LogP contribution in [0.25, 0.3) is 10.9 Å². The smallest absolute Gasteiger partial charge is 0.344 e. The van der Waals surface area contributed by atoms with Crippen LogP contribution >= 0.6 is 11.6 Å². The quantitative estimate of drug-likeness (QED) is 0.557. The molecule has 5 nitrogen and oxygen atoms in total. The second-order valence-corrected chi connectivity index (χ2v) is 6.57. The number of aryl methyl sites for hydroxylation is 1. The van der Waals surface area contributed by atoms with Gasteiger partial charge in [0.05, 0.1) is 5.02 Å². The van der Waals surface area contributed by atoms with Gasteiger partial charge in [-0.3, -0.25) is 4.98 Å². The third kappa shape index (κ3) is 5.11. The molecule has 2 aromatic carbocycles. The highest BCUT2D eigenvalue weighted by molar-refractivity contribution is 6.35. The molecule has 0 amide bonds. The van der Waals surface area contributed by atoms with Crippen LogP contribution < -0.4 is 9.47 Å². The van der Waals surface area contributed by atoms with Crippen molar-refractivity contribution in [1.29, 1.82) is 0 Å². The van der Waals surface area contributed by atoms with Gasteiger partial charge in [-0.2, -0.15) is 0 Å². The van der Waals surface area contributed by atoms with Crippen LogP contribution in [0.15, 0.2) is 54.7 Å². The van der Waals surface area contributed by atoms with Crippen molar-refractivity contribution in [2.24, 2.45) is 0 Å². The summed E-state index contributed by atoms with van der Waals surface area (Å²) in [6.07, 6.45) is 1.25. The summed E-state index contributed by atoms with van der Waals surface area (Å²) in [5, 5.41) is 1.35. The van der Waals surface area contributed by atoms with E-state index in [9.17, 15) is 4.79 Å². The average molecular weight is 386 g/mol. The fourth-order valence-corrected chi connectivity index (χ4v) is 2.72. The molecule has 3 rings (SSSR count). The van der Waals surface area contributed by atoms with Gasteiger partial charge in [-0.1, -0.05) is 29.3 Å². The van der Waals surface area contributed by atoms with Crippen molar-refractivity contribution < 1.29 is 19.0 Å². The minimum Gasteiger partial charge on any atom is -0.490 e. The van der Waals surface area contributed by atoms with Crippen LogP contribution in [-0.2, 0) is 9.53 Å². The number of hydrogen-bond acceptors (Lipinski definition) is 5. The average Bonchev–Trinajstić information content (AvgIpc) is 2.67. The van der Waals surface area contributed by atoms with Crippen LogP contribution in [0.1, 0.15) is 12.5 Å². The van der Waals surface area contributed by atoms with Gasteiger partial charge in [0.15, 0.2) is 6.61 Å². The van der Waals surface area contributed by atoms with Gasteiger partial charge >= 0.3 is 5.97 Å². The standard InChI is InChI=1S/C21H20ClNO4/c1-14-5-7-16(8-6-14)25-12-15(2)27-20(24)13-26-19-10-9-18(22)17-4-3-11-23-21(17)19/h3-11,15H,12-13H2,1-2H3. The van der Waals surface area contributed by atoms with Crippen molar-refractivity contribution in [3.05, 3.63) is 65.3 Å². The number of rotatable bonds is 7. The van der Waals surface area contributed by atoms with Crippen LogP contribution in [0, 0.1) is 6.92 Å². The largest absolute Gasteiger partial charge is 0.490 e. The number of fused-ring (bicyclic) bond motifs is 1. The lowest BCUT2D eigenvalue weighted by atomic mass is 10.2. The number of nitrogens with zero attached hydrogens (tertiary/aromatic N) is 1. The summed E-state index contributed by atoms with van der Waals surface area (Å²) in [5.74, 6) is 0.739. The molecular formula is C21H20ClNO4. The minimum absolute atomic E-state index is 0.220. The van der Waals surface area contributed by atoms with E-state index in [0.29, 0.717) is 16.3 Å². The van der Waals surface area contributed by atoms with E-state index in [4.69, 9.17) is 25.8 Å². The van der Waals surface area contributed by atoms with Gasteiger partial charge < -0.3 is 14.2 Å². The molecule has 1 atom stereocenters. The Balaban J connectivity index is 1.51. The topological polar surface area (TPSA) is 57.7 Å². The molecule has 0 saturated carbocycles. The third-order valence-electron chi connectivity index (χ3n) is 3.86. The summed E-state index contributed by atoms with van der Waals surface area (Å²) in [7, 11) is 0. The van der Waals surface area contributed by atoms with Gasteiger partial charge in [0.2, 0.25) is 0 Å². The third-order valence-corrected chi connectivity index (χ3v) is 4.19. The molecule has 0 spiro atoms. The number of hydrogen-bond donors (Lipinski definition) is 0. The number of ether oxygens (including phenoxy) is 3. The van der Waals surface area contributed by atoms with Crippen molar-refractivity contribution in [3.63, 3.8) is 0 Å². The molecule has 0 aliphatic heterocycles. The lowest BCUT2D eigenvalue weighted by Crippen LogP contribution is -2.25. The zero-order valence-electron chi connectivity index (χ0n) is 15.1. The monoisotopic (exact) mass is 385 g/mol. The molecule has 1 heterocycles. The second kappa shape index (κ2) is 8.73. The van der Waals surface area contributed by atoms with E-state index in [-0.39, 0.29) is 13.2 Å². The predicted molar refractivity (Wildman–Crippen MR) is 104 cm³/mol. The molecule has 0 fully saturated rings. The van der Waals surface area contributed by atoms with Crippen LogP contribution in [-0.4, -0.2) is 30.3 Å². The maximum Gasteiger partial charge on any atom is 0.344 e. The molecule has 27 heavy (non-hydrogen) atoms. The number of aromatic nitrogens is 1. The number of esters is 1. The fraction of sp³-hybridized carbons (Fsp3) is 0.238. The predicted octanol–water partition coefficient (Wildman–Crippen LogP) is 4.59. The normalized spacial score (nSPS) is 11.8. The minimum atomic E-state index is -0.478. The second-order valence-electron chi connectivity index (χ2n) is 6.16. The zero-order valence-corrected chi connectivity index (χ0v) is 15.9. The highest BCUT2D eigenvalue weighted by Crippen LogP contribution is 2.29. The molecule has 6 heteroatoms. The Labute approximate surface area is 162 Å². The SMILES string of the molecule is Cc1ccc(OCC(C)OC(=O)COc2ccc(Cl)c3cccnc23)cc1. The van der Waals surface area contributed by atoms with E-state index in [0.717, 1.165) is 16.7 Å². The summed E-state index contributed by atoms with van der Waals surface area (Å²) in [6.45, 7) is 3.82. The highest BCUT2D eigenvalue weighted by atomic mass is 35.5. The first kappa shape index (κ1) is 19.0. The summed E-state index contributed by atoms with van der Waals surface area (Å²) in [5.41, 5.74) is 1.76. The summed E-state index contributed by atoms with van der Waals surface area (Å²) in [4.78, 5) is 16.3. The van der Waals surface area contributed by atoms with E-state index in [1.54, 1.807) is 31.3 Å². The highest BCUT2D eigenvalue weighted by Gasteiger charge is 2.13.